The Bertz CT molecular complexity index is 1420. The highest BCUT2D eigenvalue weighted by molar-refractivity contribution is 8.00. The van der Waals surface area contributed by atoms with Gasteiger partial charge in [0, 0.05) is 67.6 Å². The highest BCUT2D eigenvalue weighted by Gasteiger charge is 2.42. The fourth-order valence-corrected chi connectivity index (χ4v) is 9.18. The number of aryl methyl sites for hydroxylation is 1. The molecular weight excluding hydrogens is 649 g/mol. The first-order valence-electron chi connectivity index (χ1n) is 18.9. The molecule has 10 nitrogen and oxygen atoms in total. The van der Waals surface area contributed by atoms with E-state index in [9.17, 15) is 14.4 Å². The second-order valence-electron chi connectivity index (χ2n) is 14.6. The number of hydrogen-bond acceptors (Lipinski definition) is 7. The highest BCUT2D eigenvalue weighted by Crippen LogP contribution is 2.42. The number of hydrogen-bond donors (Lipinski definition) is 6. The number of fused-ring (bicyclic) bond motifs is 1. The Morgan fingerprint density at radius 1 is 0.880 bits per heavy atom. The molecular formula is C39H56N6O4S. The number of benzene rings is 2. The van der Waals surface area contributed by atoms with Gasteiger partial charge in [0.1, 0.15) is 0 Å². The van der Waals surface area contributed by atoms with Crippen LogP contribution < -0.4 is 32.3 Å². The summed E-state index contributed by atoms with van der Waals surface area (Å²) in [6, 6.07) is 19.6. The number of unbranched alkanes of at least 4 members (excludes halogenated alkanes) is 1. The Balaban J connectivity index is 0.772. The Kier molecular flexibility index (Phi) is 13.5. The normalized spacial score (nSPS) is 26.9. The van der Waals surface area contributed by atoms with Crippen molar-refractivity contribution in [2.24, 2.45) is 5.73 Å². The van der Waals surface area contributed by atoms with Crippen molar-refractivity contribution in [3.63, 3.8) is 0 Å². The van der Waals surface area contributed by atoms with E-state index in [1.54, 1.807) is 0 Å². The minimum atomic E-state index is -0.0571. The van der Waals surface area contributed by atoms with Crippen LogP contribution in [-0.2, 0) is 20.7 Å². The zero-order valence-electron chi connectivity index (χ0n) is 29.3. The van der Waals surface area contributed by atoms with Gasteiger partial charge in [-0.1, -0.05) is 55.0 Å². The summed E-state index contributed by atoms with van der Waals surface area (Å²) in [4.78, 5) is 36.1. The van der Waals surface area contributed by atoms with Gasteiger partial charge < -0.3 is 37.1 Å². The van der Waals surface area contributed by atoms with Gasteiger partial charge in [0.05, 0.1) is 18.7 Å². The fourth-order valence-electron chi connectivity index (χ4n) is 7.64. The molecule has 7 N–H and O–H groups in total. The molecule has 5 atom stereocenters. The molecule has 4 aliphatic rings. The van der Waals surface area contributed by atoms with Crippen molar-refractivity contribution in [1.29, 1.82) is 0 Å². The molecule has 2 saturated carbocycles. The molecule has 2 saturated heterocycles. The van der Waals surface area contributed by atoms with Crippen LogP contribution in [0.5, 0.6) is 0 Å². The van der Waals surface area contributed by atoms with E-state index in [-0.39, 0.29) is 29.9 Å². The predicted molar refractivity (Wildman–Crippen MR) is 200 cm³/mol. The summed E-state index contributed by atoms with van der Waals surface area (Å²) < 4.78 is 5.64. The maximum atomic E-state index is 12.5. The number of nitrogens with two attached hydrogens (primary N) is 1. The minimum Gasteiger partial charge on any atom is -0.380 e. The maximum Gasteiger partial charge on any atom is 0.315 e. The molecule has 4 fully saturated rings. The first kappa shape index (κ1) is 36.7. The Hall–Kier alpha value is -3.12. The molecule has 0 unspecified atom stereocenters. The highest BCUT2D eigenvalue weighted by atomic mass is 32.2. The number of carbonyl (C=O) groups is 3. The zero-order valence-corrected chi connectivity index (χ0v) is 30.1. The maximum absolute atomic E-state index is 12.5. The predicted octanol–water partition coefficient (Wildman–Crippen LogP) is 4.37. The standard InChI is InChI=1S/C39H56N6O4S/c40-30-14-16-31(17-15-30)43-33-24-32(33)28-12-10-27(11-13-28)29-6-3-5-26(23-29)9-18-37(47)41-19-4-21-49-22-20-42-36(46)8-2-1-7-35-38-34(25-50-35)44-39(48)45-38/h3,5-6,10-13,23,30-35,38,43H,1-2,4,7-9,14-22,24-25,40H2,(H,41,47)(H,42,46)(H2,44,45,48)/t30?,31?,32-,33+,34-,35-,38-/m0/s1. The van der Waals surface area contributed by atoms with Crippen LogP contribution in [0.3, 0.4) is 0 Å². The van der Waals surface area contributed by atoms with Gasteiger partial charge in [-0.25, -0.2) is 4.79 Å². The number of nitrogens with one attached hydrogen (secondary N) is 5. The molecule has 0 bridgehead atoms. The van der Waals surface area contributed by atoms with Crippen molar-refractivity contribution in [3.8, 4) is 11.1 Å². The van der Waals surface area contributed by atoms with E-state index < -0.39 is 0 Å². The van der Waals surface area contributed by atoms with Crippen LogP contribution in [0.15, 0.2) is 48.5 Å². The van der Waals surface area contributed by atoms with Crippen LogP contribution in [0.25, 0.3) is 11.1 Å². The lowest BCUT2D eigenvalue weighted by Crippen LogP contribution is -2.38. The van der Waals surface area contributed by atoms with Crippen LogP contribution in [0, 0.1) is 0 Å². The number of amides is 4. The molecule has 0 aromatic heterocycles. The summed E-state index contributed by atoms with van der Waals surface area (Å²) in [6.45, 7) is 2.06. The van der Waals surface area contributed by atoms with Crippen molar-refractivity contribution in [2.75, 3.05) is 32.1 Å². The molecule has 2 aliphatic heterocycles. The van der Waals surface area contributed by atoms with E-state index >= 15 is 0 Å². The largest absolute Gasteiger partial charge is 0.380 e. The molecule has 2 aliphatic carbocycles. The van der Waals surface area contributed by atoms with Crippen LogP contribution >= 0.6 is 11.8 Å². The molecule has 272 valence electrons. The number of rotatable bonds is 19. The lowest BCUT2D eigenvalue weighted by molar-refractivity contribution is -0.122. The van der Waals surface area contributed by atoms with Crippen molar-refractivity contribution < 1.29 is 19.1 Å². The average molecular weight is 705 g/mol. The number of thioether (sulfide) groups is 1. The second-order valence-corrected chi connectivity index (χ2v) is 15.9. The average Bonchev–Trinajstić information content (AvgIpc) is 3.65. The van der Waals surface area contributed by atoms with E-state index in [2.05, 4.69) is 75.1 Å². The summed E-state index contributed by atoms with van der Waals surface area (Å²) in [5, 5.41) is 16.2. The Morgan fingerprint density at radius 3 is 2.52 bits per heavy atom. The summed E-state index contributed by atoms with van der Waals surface area (Å²) in [5.41, 5.74) is 11.0. The number of carbonyl (C=O) groups excluding carboxylic acids is 3. The first-order valence-corrected chi connectivity index (χ1v) is 20.0. The first-order chi connectivity index (χ1) is 24.4. The SMILES string of the molecule is NC1CCC(N[C@@H]2C[C@H]2c2ccc(-c3cccc(CCC(=O)NCCCOCCNC(=O)CCCC[C@@H]4SC[C@@H]5NC(=O)N[C@@H]54)c3)cc2)CC1. The van der Waals surface area contributed by atoms with Gasteiger partial charge in [-0.3, -0.25) is 9.59 Å². The van der Waals surface area contributed by atoms with Crippen LogP contribution in [0.4, 0.5) is 4.79 Å². The molecule has 0 radical (unpaired) electrons. The van der Waals surface area contributed by atoms with Gasteiger partial charge in [-0.15, -0.1) is 0 Å². The van der Waals surface area contributed by atoms with Crippen LogP contribution in [-0.4, -0.2) is 85.4 Å². The molecule has 6 rings (SSSR count). The summed E-state index contributed by atoms with van der Waals surface area (Å²) >= 11 is 1.91. The summed E-state index contributed by atoms with van der Waals surface area (Å²) in [7, 11) is 0. The molecule has 4 amide bonds. The number of ether oxygens (including phenoxy) is 1. The number of urea groups is 1. The van der Waals surface area contributed by atoms with Gasteiger partial charge in [0.25, 0.3) is 0 Å². The lowest BCUT2D eigenvalue weighted by Gasteiger charge is -2.27. The van der Waals surface area contributed by atoms with Gasteiger partial charge in [0.2, 0.25) is 11.8 Å². The van der Waals surface area contributed by atoms with Crippen molar-refractivity contribution in [3.05, 3.63) is 59.7 Å². The van der Waals surface area contributed by atoms with Gasteiger partial charge in [0.15, 0.2) is 0 Å². The fraction of sp³-hybridized carbons (Fsp3) is 0.615. The van der Waals surface area contributed by atoms with Crippen molar-refractivity contribution >= 4 is 29.6 Å². The topological polar surface area (TPSA) is 147 Å². The second kappa shape index (κ2) is 18.4. The third-order valence-electron chi connectivity index (χ3n) is 10.7. The van der Waals surface area contributed by atoms with Crippen LogP contribution in [0.2, 0.25) is 0 Å². The molecule has 11 heteroatoms. The molecule has 2 aromatic carbocycles. The van der Waals surface area contributed by atoms with Gasteiger partial charge in [-0.2, -0.15) is 11.8 Å². The smallest absolute Gasteiger partial charge is 0.315 e. The van der Waals surface area contributed by atoms with E-state index in [1.165, 1.54) is 36.0 Å². The minimum absolute atomic E-state index is 0.0479. The van der Waals surface area contributed by atoms with Crippen LogP contribution in [0.1, 0.15) is 87.7 Å². The van der Waals surface area contributed by atoms with Gasteiger partial charge >= 0.3 is 6.03 Å². The van der Waals surface area contributed by atoms with E-state index in [1.807, 2.05) is 11.8 Å². The van der Waals surface area contributed by atoms with E-state index in [4.69, 9.17) is 10.5 Å². The third kappa shape index (κ3) is 10.9. The lowest BCUT2D eigenvalue weighted by atomic mass is 9.91. The van der Waals surface area contributed by atoms with Gasteiger partial charge in [-0.05, 0) is 80.0 Å². The summed E-state index contributed by atoms with van der Waals surface area (Å²) in [6.07, 6.45) is 11.1. The van der Waals surface area contributed by atoms with Crippen molar-refractivity contribution in [2.45, 2.75) is 118 Å². The Morgan fingerprint density at radius 2 is 1.68 bits per heavy atom. The third-order valence-corrected chi connectivity index (χ3v) is 12.2. The molecule has 50 heavy (non-hydrogen) atoms. The molecule has 0 spiro atoms. The summed E-state index contributed by atoms with van der Waals surface area (Å²) in [5.74, 6) is 1.67. The zero-order chi connectivity index (χ0) is 34.7. The van der Waals surface area contributed by atoms with E-state index in [0.29, 0.717) is 74.9 Å². The molecule has 2 aromatic rings. The Labute approximate surface area is 301 Å². The monoisotopic (exact) mass is 704 g/mol. The van der Waals surface area contributed by atoms with Crippen molar-refractivity contribution in [1.82, 2.24) is 26.6 Å². The molecule has 2 heterocycles. The quantitative estimate of drug-likeness (QED) is 0.0941. The van der Waals surface area contributed by atoms with E-state index in [0.717, 1.165) is 49.8 Å².